The molecule has 5 rings (SSSR count). The fraction of sp³-hybridized carbons (Fsp3) is 0.483. The minimum Gasteiger partial charge on any atom is -0.366 e. The standard InChI is InChI=1S/C29H33F3N4O3S2/c1-4-41(38)23-7-6-22(33-17-23)16-35-27(37)24-14-21-13-18(2)39-28(26(21)40-24)9-11-36(12-10-28)19(3)20-5-8-25(34-15-20)29(30,31)32/h5-8,14-15,17-19H,4,9-13,16H2,1-3H3,(H,35,37). The van der Waals surface area contributed by atoms with Crippen LogP contribution in [0.4, 0.5) is 13.2 Å². The zero-order valence-electron chi connectivity index (χ0n) is 23.2. The van der Waals surface area contributed by atoms with Crippen molar-refractivity contribution in [1.82, 2.24) is 20.2 Å². The van der Waals surface area contributed by atoms with Gasteiger partial charge in [-0.1, -0.05) is 13.0 Å². The molecule has 1 fully saturated rings. The molecular weight excluding hydrogens is 573 g/mol. The Hall–Kier alpha value is -2.67. The van der Waals surface area contributed by atoms with E-state index in [1.807, 2.05) is 26.8 Å². The molecule has 0 bridgehead atoms. The SMILES string of the molecule is CCS(=O)c1ccc(CNC(=O)c2cc3c(s2)C2(CCN(C(C)c4ccc(C(F)(F)F)nc4)CC2)OC(C)C3)nc1. The Morgan fingerprint density at radius 1 is 1.22 bits per heavy atom. The van der Waals surface area contributed by atoms with E-state index in [0.717, 1.165) is 41.3 Å². The summed E-state index contributed by atoms with van der Waals surface area (Å²) in [6.45, 7) is 7.56. The zero-order chi connectivity index (χ0) is 29.4. The first-order valence-corrected chi connectivity index (χ1v) is 15.8. The van der Waals surface area contributed by atoms with E-state index in [9.17, 15) is 22.2 Å². The Kier molecular flexibility index (Phi) is 8.66. The highest BCUT2D eigenvalue weighted by Crippen LogP contribution is 2.48. The van der Waals surface area contributed by atoms with Crippen LogP contribution < -0.4 is 5.32 Å². The van der Waals surface area contributed by atoms with E-state index in [1.54, 1.807) is 18.3 Å². The molecule has 0 saturated carbocycles. The van der Waals surface area contributed by atoms with Crippen LogP contribution in [0.15, 0.2) is 47.6 Å². The lowest BCUT2D eigenvalue weighted by Gasteiger charge is -2.47. The molecule has 3 aromatic heterocycles. The van der Waals surface area contributed by atoms with Crippen molar-refractivity contribution in [2.75, 3.05) is 18.8 Å². The van der Waals surface area contributed by atoms with Gasteiger partial charge >= 0.3 is 6.18 Å². The fourth-order valence-electron chi connectivity index (χ4n) is 5.59. The molecule has 5 heterocycles. The molecule has 3 aromatic rings. The van der Waals surface area contributed by atoms with Crippen LogP contribution >= 0.6 is 11.3 Å². The number of aromatic nitrogens is 2. The van der Waals surface area contributed by atoms with Crippen molar-refractivity contribution in [3.63, 3.8) is 0 Å². The number of carbonyl (C=O) groups excluding carboxylic acids is 1. The molecule has 3 atom stereocenters. The molecule has 7 nitrogen and oxygen atoms in total. The van der Waals surface area contributed by atoms with Crippen molar-refractivity contribution in [3.8, 4) is 0 Å². The van der Waals surface area contributed by atoms with E-state index in [0.29, 0.717) is 34.3 Å². The summed E-state index contributed by atoms with van der Waals surface area (Å²) in [5.74, 6) is 0.356. The number of ether oxygens (including phenoxy) is 1. The lowest BCUT2D eigenvalue weighted by Crippen LogP contribution is -2.48. The Morgan fingerprint density at radius 3 is 2.59 bits per heavy atom. The number of piperidine rings is 1. The van der Waals surface area contributed by atoms with Crippen molar-refractivity contribution >= 4 is 28.0 Å². The normalized spacial score (nSPS) is 20.4. The number of likely N-dealkylation sites (tertiary alicyclic amines) is 1. The van der Waals surface area contributed by atoms with Crippen LogP contribution in [0.5, 0.6) is 0 Å². The maximum absolute atomic E-state index is 13.1. The van der Waals surface area contributed by atoms with Gasteiger partial charge in [0, 0.05) is 42.2 Å². The second-order valence-corrected chi connectivity index (χ2v) is 13.4. The Bertz CT molecular complexity index is 1400. The van der Waals surface area contributed by atoms with Crippen LogP contribution in [0, 0.1) is 0 Å². The number of alkyl halides is 3. The molecule has 3 unspecified atom stereocenters. The van der Waals surface area contributed by atoms with Crippen molar-refractivity contribution in [2.45, 2.75) is 75.4 Å². The zero-order valence-corrected chi connectivity index (χ0v) is 24.8. The third-order valence-electron chi connectivity index (χ3n) is 7.85. The summed E-state index contributed by atoms with van der Waals surface area (Å²) in [7, 11) is -1.07. The average Bonchev–Trinajstić information content (AvgIpc) is 3.40. The molecule has 2 aliphatic rings. The third kappa shape index (κ3) is 6.40. The smallest absolute Gasteiger partial charge is 0.366 e. The van der Waals surface area contributed by atoms with E-state index in [1.165, 1.54) is 23.6 Å². The Balaban J connectivity index is 1.25. The van der Waals surface area contributed by atoms with Gasteiger partial charge in [0.25, 0.3) is 5.91 Å². The number of hydrogen-bond acceptors (Lipinski definition) is 7. The van der Waals surface area contributed by atoms with Gasteiger partial charge in [-0.2, -0.15) is 13.2 Å². The predicted molar refractivity (Wildman–Crippen MR) is 151 cm³/mol. The maximum Gasteiger partial charge on any atom is 0.433 e. The summed E-state index contributed by atoms with van der Waals surface area (Å²) in [5.41, 5.74) is 1.19. The van der Waals surface area contributed by atoms with E-state index in [4.69, 9.17) is 4.74 Å². The lowest BCUT2D eigenvalue weighted by molar-refractivity contribution is -0.141. The van der Waals surface area contributed by atoms with Crippen LogP contribution in [0.25, 0.3) is 0 Å². The number of halogens is 3. The highest BCUT2D eigenvalue weighted by atomic mass is 32.2. The highest BCUT2D eigenvalue weighted by Gasteiger charge is 2.45. The van der Waals surface area contributed by atoms with Gasteiger partial charge in [0.15, 0.2) is 0 Å². The summed E-state index contributed by atoms with van der Waals surface area (Å²) in [4.78, 5) is 25.7. The van der Waals surface area contributed by atoms with Crippen LogP contribution in [-0.4, -0.2) is 49.9 Å². The number of carbonyl (C=O) groups is 1. The van der Waals surface area contributed by atoms with Gasteiger partial charge in [-0.25, -0.2) is 0 Å². The number of thiophene rings is 1. The Labute approximate surface area is 244 Å². The summed E-state index contributed by atoms with van der Waals surface area (Å²) < 4.78 is 57.3. The monoisotopic (exact) mass is 606 g/mol. The molecule has 2 aliphatic heterocycles. The van der Waals surface area contributed by atoms with Crippen molar-refractivity contribution in [2.24, 2.45) is 0 Å². The number of amides is 1. The number of nitrogens with zero attached hydrogens (tertiary/aromatic N) is 3. The summed E-state index contributed by atoms with van der Waals surface area (Å²) in [5, 5.41) is 2.95. The summed E-state index contributed by atoms with van der Waals surface area (Å²) in [6.07, 6.45) is 0.633. The molecule has 1 saturated heterocycles. The average molecular weight is 607 g/mol. The van der Waals surface area contributed by atoms with E-state index >= 15 is 0 Å². The topological polar surface area (TPSA) is 84.4 Å². The van der Waals surface area contributed by atoms with Gasteiger partial charge in [0.2, 0.25) is 0 Å². The van der Waals surface area contributed by atoms with Crippen LogP contribution in [0.2, 0.25) is 0 Å². The maximum atomic E-state index is 13.1. The molecule has 0 radical (unpaired) electrons. The second-order valence-electron chi connectivity index (χ2n) is 10.6. The lowest BCUT2D eigenvalue weighted by atomic mass is 9.83. The molecule has 220 valence electrons. The van der Waals surface area contributed by atoms with Crippen molar-refractivity contribution in [3.05, 3.63) is 75.0 Å². The number of nitrogens with one attached hydrogen (secondary N) is 1. The van der Waals surface area contributed by atoms with Gasteiger partial charge in [-0.3, -0.25) is 23.9 Å². The predicted octanol–water partition coefficient (Wildman–Crippen LogP) is 5.63. The van der Waals surface area contributed by atoms with Crippen molar-refractivity contribution < 1.29 is 26.9 Å². The van der Waals surface area contributed by atoms with Gasteiger partial charge in [-0.05, 0) is 68.5 Å². The molecular formula is C29H33F3N4O3S2. The quantitative estimate of drug-likeness (QED) is 0.376. The molecule has 1 amide bonds. The Morgan fingerprint density at radius 2 is 1.98 bits per heavy atom. The molecule has 12 heteroatoms. The van der Waals surface area contributed by atoms with E-state index in [2.05, 4.69) is 20.2 Å². The number of rotatable bonds is 7. The molecule has 1 spiro atoms. The number of hydrogen-bond donors (Lipinski definition) is 1. The van der Waals surface area contributed by atoms with Gasteiger partial charge in [0.1, 0.15) is 11.3 Å². The molecule has 0 aromatic carbocycles. The van der Waals surface area contributed by atoms with Gasteiger partial charge in [0.05, 0.1) is 38.9 Å². The first-order valence-electron chi connectivity index (χ1n) is 13.7. The minimum absolute atomic E-state index is 0.00693. The van der Waals surface area contributed by atoms with Crippen LogP contribution in [0.3, 0.4) is 0 Å². The molecule has 1 N–H and O–H groups in total. The summed E-state index contributed by atoms with van der Waals surface area (Å²) in [6, 6.07) is 7.98. The first-order chi connectivity index (χ1) is 19.5. The highest BCUT2D eigenvalue weighted by molar-refractivity contribution is 7.85. The second kappa shape index (κ2) is 11.9. The number of fused-ring (bicyclic) bond motifs is 2. The van der Waals surface area contributed by atoms with Gasteiger partial charge < -0.3 is 10.1 Å². The van der Waals surface area contributed by atoms with E-state index < -0.39 is 28.3 Å². The van der Waals surface area contributed by atoms with Crippen molar-refractivity contribution in [1.29, 1.82) is 0 Å². The first kappa shape index (κ1) is 29.8. The van der Waals surface area contributed by atoms with Crippen LogP contribution in [0.1, 0.15) is 76.7 Å². The number of pyridine rings is 2. The molecule has 41 heavy (non-hydrogen) atoms. The minimum atomic E-state index is -4.46. The largest absolute Gasteiger partial charge is 0.433 e. The van der Waals surface area contributed by atoms with E-state index in [-0.39, 0.29) is 24.6 Å². The van der Waals surface area contributed by atoms with Gasteiger partial charge in [-0.15, -0.1) is 11.3 Å². The third-order valence-corrected chi connectivity index (χ3v) is 10.5. The van der Waals surface area contributed by atoms with Crippen LogP contribution in [-0.2, 0) is 40.3 Å². The fourth-order valence-corrected chi connectivity index (χ4v) is 7.61. The molecule has 0 aliphatic carbocycles. The summed E-state index contributed by atoms with van der Waals surface area (Å²) >= 11 is 1.47.